The summed E-state index contributed by atoms with van der Waals surface area (Å²) < 4.78 is 11.9. The van der Waals surface area contributed by atoms with Crippen LogP contribution in [0.4, 0.5) is 5.69 Å². The Bertz CT molecular complexity index is 540. The summed E-state index contributed by atoms with van der Waals surface area (Å²) >= 11 is 0. The minimum absolute atomic E-state index is 0.0202. The second kappa shape index (κ2) is 5.61. The molecule has 0 aromatic heterocycles. The highest BCUT2D eigenvalue weighted by atomic mass is 16.6. The van der Waals surface area contributed by atoms with E-state index in [0.29, 0.717) is 12.4 Å². The van der Waals surface area contributed by atoms with E-state index < -0.39 is 4.92 Å². The maximum Gasteiger partial charge on any atom is 0.310 e. The first-order chi connectivity index (χ1) is 10.1. The molecule has 0 aliphatic carbocycles. The molecule has 114 valence electrons. The molecule has 0 radical (unpaired) electrons. The summed E-state index contributed by atoms with van der Waals surface area (Å²) in [5, 5.41) is 14.4. The average molecular weight is 292 g/mol. The molecular formula is C15H20N2O4. The van der Waals surface area contributed by atoms with Crippen LogP contribution in [0.5, 0.6) is 5.75 Å². The minimum Gasteiger partial charge on any atom is -0.481 e. The molecule has 0 amide bonds. The molecule has 21 heavy (non-hydrogen) atoms. The Morgan fingerprint density at radius 1 is 1.43 bits per heavy atom. The van der Waals surface area contributed by atoms with E-state index in [4.69, 9.17) is 9.47 Å². The molecule has 2 aliphatic rings. The summed E-state index contributed by atoms with van der Waals surface area (Å²) in [4.78, 5) is 10.7. The number of rotatable bonds is 3. The van der Waals surface area contributed by atoms with Gasteiger partial charge in [-0.25, -0.2) is 0 Å². The van der Waals surface area contributed by atoms with E-state index in [1.54, 1.807) is 12.1 Å². The van der Waals surface area contributed by atoms with Crippen molar-refractivity contribution in [3.63, 3.8) is 0 Å². The maximum atomic E-state index is 11.1. The van der Waals surface area contributed by atoms with Crippen molar-refractivity contribution in [1.29, 1.82) is 0 Å². The average Bonchev–Trinajstić information content (AvgIpc) is 2.82. The number of nitrogens with one attached hydrogen (secondary N) is 1. The van der Waals surface area contributed by atoms with Gasteiger partial charge in [0.1, 0.15) is 6.10 Å². The minimum atomic E-state index is -0.398. The summed E-state index contributed by atoms with van der Waals surface area (Å²) in [6.45, 7) is 4.32. The molecule has 1 spiro atoms. The van der Waals surface area contributed by atoms with E-state index in [1.807, 2.05) is 6.92 Å². The molecule has 2 heterocycles. The van der Waals surface area contributed by atoms with Crippen molar-refractivity contribution >= 4 is 5.69 Å². The summed E-state index contributed by atoms with van der Waals surface area (Å²) in [5.74, 6) is 0.347. The van der Waals surface area contributed by atoms with Gasteiger partial charge in [-0.05, 0) is 44.5 Å². The van der Waals surface area contributed by atoms with E-state index >= 15 is 0 Å². The quantitative estimate of drug-likeness (QED) is 0.683. The molecule has 0 bridgehead atoms. The van der Waals surface area contributed by atoms with Crippen LogP contribution in [0.3, 0.4) is 0 Å². The molecule has 1 atom stereocenters. The van der Waals surface area contributed by atoms with Gasteiger partial charge in [-0.15, -0.1) is 0 Å². The Balaban J connectivity index is 1.73. The van der Waals surface area contributed by atoms with Gasteiger partial charge in [0.2, 0.25) is 0 Å². The van der Waals surface area contributed by atoms with Crippen molar-refractivity contribution < 1.29 is 14.4 Å². The van der Waals surface area contributed by atoms with Gasteiger partial charge in [0, 0.05) is 12.5 Å². The highest BCUT2D eigenvalue weighted by molar-refractivity contribution is 5.48. The third kappa shape index (κ3) is 3.01. The van der Waals surface area contributed by atoms with Crippen LogP contribution in [0, 0.1) is 17.0 Å². The molecule has 1 N–H and O–H groups in total. The first-order valence-electron chi connectivity index (χ1n) is 7.34. The smallest absolute Gasteiger partial charge is 0.310 e. The topological polar surface area (TPSA) is 73.6 Å². The molecule has 3 rings (SSSR count). The number of hydrogen-bond acceptors (Lipinski definition) is 5. The van der Waals surface area contributed by atoms with Crippen LogP contribution in [-0.4, -0.2) is 36.3 Å². The van der Waals surface area contributed by atoms with Gasteiger partial charge in [-0.3, -0.25) is 10.1 Å². The van der Waals surface area contributed by atoms with Crippen LogP contribution in [0.15, 0.2) is 18.2 Å². The molecular weight excluding hydrogens is 272 g/mol. The van der Waals surface area contributed by atoms with Gasteiger partial charge < -0.3 is 14.8 Å². The lowest BCUT2D eigenvalue weighted by molar-refractivity contribution is -0.386. The third-order valence-corrected chi connectivity index (χ3v) is 4.30. The van der Waals surface area contributed by atoms with Crippen molar-refractivity contribution in [2.45, 2.75) is 37.9 Å². The third-order valence-electron chi connectivity index (χ3n) is 4.30. The summed E-state index contributed by atoms with van der Waals surface area (Å²) in [7, 11) is 0. The largest absolute Gasteiger partial charge is 0.481 e. The van der Waals surface area contributed by atoms with Crippen LogP contribution >= 0.6 is 0 Å². The predicted molar refractivity (Wildman–Crippen MR) is 77.7 cm³/mol. The first-order valence-corrected chi connectivity index (χ1v) is 7.34. The van der Waals surface area contributed by atoms with Crippen LogP contribution in [0.2, 0.25) is 0 Å². The number of nitrogens with zero attached hydrogens (tertiary/aromatic N) is 1. The molecule has 6 heteroatoms. The van der Waals surface area contributed by atoms with Crippen molar-refractivity contribution in [2.75, 3.05) is 19.7 Å². The molecule has 2 aliphatic heterocycles. The molecule has 2 saturated heterocycles. The fourth-order valence-electron chi connectivity index (χ4n) is 3.16. The number of aryl methyl sites for hydroxylation is 1. The van der Waals surface area contributed by atoms with Gasteiger partial charge in [0.15, 0.2) is 5.75 Å². The zero-order chi connectivity index (χ0) is 14.9. The lowest BCUT2D eigenvalue weighted by Gasteiger charge is -2.32. The predicted octanol–water partition coefficient (Wildman–Crippen LogP) is 2.19. The normalized spacial score (nSPS) is 24.1. The maximum absolute atomic E-state index is 11.1. The first kappa shape index (κ1) is 14.3. The molecule has 0 saturated carbocycles. The molecule has 1 unspecified atom stereocenters. The Morgan fingerprint density at radius 2 is 2.19 bits per heavy atom. The fourth-order valence-corrected chi connectivity index (χ4v) is 3.16. The lowest BCUT2D eigenvalue weighted by atomic mass is 9.89. The second-order valence-electron chi connectivity index (χ2n) is 5.92. The summed E-state index contributed by atoms with van der Waals surface area (Å²) in [5.41, 5.74) is 0.868. The molecule has 1 aromatic carbocycles. The lowest BCUT2D eigenvalue weighted by Crippen LogP contribution is -2.41. The van der Waals surface area contributed by atoms with Gasteiger partial charge in [0.05, 0.1) is 17.1 Å². The zero-order valence-electron chi connectivity index (χ0n) is 12.1. The standard InChI is InChI=1S/C15H20N2O4/c1-11-2-3-13(17(18)19)14(8-11)21-12-9-15(20-10-12)4-6-16-7-5-15/h2-3,8,12,16H,4-7,9-10H2,1H3. The van der Waals surface area contributed by atoms with E-state index in [0.717, 1.165) is 37.9 Å². The number of piperidine rings is 1. The number of benzene rings is 1. The molecule has 1 aromatic rings. The van der Waals surface area contributed by atoms with Gasteiger partial charge >= 0.3 is 5.69 Å². The van der Waals surface area contributed by atoms with Gasteiger partial charge in [0.25, 0.3) is 0 Å². The highest BCUT2D eigenvalue weighted by Crippen LogP contribution is 2.37. The van der Waals surface area contributed by atoms with Crippen molar-refractivity contribution in [3.05, 3.63) is 33.9 Å². The highest BCUT2D eigenvalue weighted by Gasteiger charge is 2.42. The Morgan fingerprint density at radius 3 is 2.90 bits per heavy atom. The molecule has 6 nitrogen and oxygen atoms in total. The van der Waals surface area contributed by atoms with Gasteiger partial charge in [-0.2, -0.15) is 0 Å². The fraction of sp³-hybridized carbons (Fsp3) is 0.600. The van der Waals surface area contributed by atoms with E-state index in [1.165, 1.54) is 6.07 Å². The number of nitro benzene ring substituents is 1. The van der Waals surface area contributed by atoms with E-state index in [9.17, 15) is 10.1 Å². The van der Waals surface area contributed by atoms with Crippen LogP contribution in [0.25, 0.3) is 0 Å². The van der Waals surface area contributed by atoms with Gasteiger partial charge in [-0.1, -0.05) is 6.07 Å². The zero-order valence-corrected chi connectivity index (χ0v) is 12.1. The summed E-state index contributed by atoms with van der Waals surface area (Å²) in [6, 6.07) is 4.96. The van der Waals surface area contributed by atoms with Crippen molar-refractivity contribution in [1.82, 2.24) is 5.32 Å². The molecule has 2 fully saturated rings. The SMILES string of the molecule is Cc1ccc([N+](=O)[O-])c(OC2COC3(CCNCC3)C2)c1. The van der Waals surface area contributed by atoms with Crippen LogP contribution in [-0.2, 0) is 4.74 Å². The number of ether oxygens (including phenoxy) is 2. The van der Waals surface area contributed by atoms with E-state index in [2.05, 4.69) is 5.32 Å². The van der Waals surface area contributed by atoms with Crippen LogP contribution in [0.1, 0.15) is 24.8 Å². The van der Waals surface area contributed by atoms with Crippen LogP contribution < -0.4 is 10.1 Å². The number of hydrogen-bond donors (Lipinski definition) is 1. The second-order valence-corrected chi connectivity index (χ2v) is 5.92. The summed E-state index contributed by atoms with van der Waals surface area (Å²) in [6.07, 6.45) is 2.65. The Labute approximate surface area is 123 Å². The monoisotopic (exact) mass is 292 g/mol. The van der Waals surface area contributed by atoms with Crippen molar-refractivity contribution in [3.8, 4) is 5.75 Å². The van der Waals surface area contributed by atoms with E-state index in [-0.39, 0.29) is 17.4 Å². The van der Waals surface area contributed by atoms with Crippen molar-refractivity contribution in [2.24, 2.45) is 0 Å². The Hall–Kier alpha value is -1.66. The number of nitro groups is 1. The Kier molecular flexibility index (Phi) is 3.82.